The number of halogens is 1. The maximum Gasteiger partial charge on any atom is 0.146 e. The first-order chi connectivity index (χ1) is 10.6. The van der Waals surface area contributed by atoms with E-state index in [-0.39, 0.29) is 5.82 Å². The highest BCUT2D eigenvalue weighted by atomic mass is 19.1. The van der Waals surface area contributed by atoms with Crippen LogP contribution in [0.1, 0.15) is 30.4 Å². The second kappa shape index (κ2) is 5.84. The Balaban J connectivity index is 2.07. The van der Waals surface area contributed by atoms with E-state index in [0.29, 0.717) is 5.69 Å². The molecule has 2 N–H and O–H groups in total. The zero-order valence-corrected chi connectivity index (χ0v) is 13.1. The Hall–Kier alpha value is -2.29. The highest BCUT2D eigenvalue weighted by molar-refractivity contribution is 5.82. The van der Waals surface area contributed by atoms with Crippen LogP contribution >= 0.6 is 0 Å². The third-order valence-electron chi connectivity index (χ3n) is 4.27. The Labute approximate surface area is 131 Å². The van der Waals surface area contributed by atoms with Crippen LogP contribution in [-0.4, -0.2) is 7.05 Å². The second-order valence-electron chi connectivity index (χ2n) is 5.94. The fourth-order valence-corrected chi connectivity index (χ4v) is 2.87. The van der Waals surface area contributed by atoms with E-state index in [1.165, 1.54) is 18.1 Å². The van der Waals surface area contributed by atoms with E-state index in [2.05, 4.69) is 0 Å². The number of allylic oxidation sites excluding steroid dienone is 1. The summed E-state index contributed by atoms with van der Waals surface area (Å²) >= 11 is 0. The van der Waals surface area contributed by atoms with Crippen molar-refractivity contribution in [2.75, 3.05) is 17.7 Å². The molecule has 0 bridgehead atoms. The highest BCUT2D eigenvalue weighted by Gasteiger charge is 2.21. The second-order valence-corrected chi connectivity index (χ2v) is 5.94. The number of anilines is 2. The Kier molecular flexibility index (Phi) is 3.88. The van der Waals surface area contributed by atoms with Gasteiger partial charge in [-0.25, -0.2) is 4.39 Å². The quantitative estimate of drug-likeness (QED) is 0.828. The predicted octanol–water partition coefficient (Wildman–Crippen LogP) is 4.75. The molecule has 2 aromatic rings. The summed E-state index contributed by atoms with van der Waals surface area (Å²) in [6, 6.07) is 13.1. The topological polar surface area (TPSA) is 29.3 Å². The average molecular weight is 296 g/mol. The van der Waals surface area contributed by atoms with E-state index < -0.39 is 0 Å². The molecule has 114 valence electrons. The van der Waals surface area contributed by atoms with Crippen molar-refractivity contribution in [3.8, 4) is 0 Å². The molecule has 3 rings (SSSR count). The Morgan fingerprint density at radius 3 is 2.36 bits per heavy atom. The zero-order valence-electron chi connectivity index (χ0n) is 13.1. The highest BCUT2D eigenvalue weighted by Crippen LogP contribution is 2.38. The molecular formula is C19H21FN2. The minimum Gasteiger partial charge on any atom is -0.399 e. The third kappa shape index (κ3) is 2.71. The van der Waals surface area contributed by atoms with Crippen molar-refractivity contribution in [1.29, 1.82) is 0 Å². The molecule has 0 amide bonds. The number of hydrogen-bond donors (Lipinski definition) is 1. The minimum absolute atomic E-state index is 0.194. The molecule has 1 aliphatic carbocycles. The van der Waals surface area contributed by atoms with E-state index in [1.807, 2.05) is 49.2 Å². The number of hydrogen-bond acceptors (Lipinski definition) is 2. The first-order valence-electron chi connectivity index (χ1n) is 7.64. The van der Waals surface area contributed by atoms with Crippen LogP contribution in [0.3, 0.4) is 0 Å². The van der Waals surface area contributed by atoms with Crippen molar-refractivity contribution >= 4 is 17.1 Å². The third-order valence-corrected chi connectivity index (χ3v) is 4.27. The summed E-state index contributed by atoms with van der Waals surface area (Å²) in [5.74, 6) is -0.194. The molecule has 1 saturated carbocycles. The number of nitrogens with two attached hydrogens (primary N) is 1. The van der Waals surface area contributed by atoms with E-state index >= 15 is 0 Å². The van der Waals surface area contributed by atoms with Crippen LogP contribution < -0.4 is 10.6 Å². The molecule has 0 spiro atoms. The SMILES string of the molecule is Cc1ccc(F)c(N(C)C(=C2CCC2)c2ccc(N)cc2)c1. The average Bonchev–Trinajstić information content (AvgIpc) is 2.46. The molecule has 0 aliphatic heterocycles. The molecular weight excluding hydrogens is 275 g/mol. The maximum atomic E-state index is 14.3. The lowest BCUT2D eigenvalue weighted by molar-refractivity contribution is 0.625. The molecule has 3 heteroatoms. The van der Waals surface area contributed by atoms with Gasteiger partial charge < -0.3 is 10.6 Å². The predicted molar refractivity (Wildman–Crippen MR) is 91.2 cm³/mol. The minimum atomic E-state index is -0.194. The number of aryl methyl sites for hydroxylation is 1. The van der Waals surface area contributed by atoms with Gasteiger partial charge in [-0.05, 0) is 67.2 Å². The fourth-order valence-electron chi connectivity index (χ4n) is 2.87. The lowest BCUT2D eigenvalue weighted by Crippen LogP contribution is -2.21. The van der Waals surface area contributed by atoms with Crippen LogP contribution in [0.25, 0.3) is 5.70 Å². The van der Waals surface area contributed by atoms with Gasteiger partial charge in [0.2, 0.25) is 0 Å². The molecule has 2 aromatic carbocycles. The molecule has 0 heterocycles. The zero-order chi connectivity index (χ0) is 15.7. The molecule has 0 radical (unpaired) electrons. The summed E-state index contributed by atoms with van der Waals surface area (Å²) in [6.45, 7) is 1.98. The van der Waals surface area contributed by atoms with Gasteiger partial charge in [0.05, 0.1) is 5.69 Å². The summed E-state index contributed by atoms with van der Waals surface area (Å²) in [5, 5.41) is 0. The summed E-state index contributed by atoms with van der Waals surface area (Å²) in [4.78, 5) is 1.97. The van der Waals surface area contributed by atoms with Crippen LogP contribution in [0.5, 0.6) is 0 Å². The first-order valence-corrected chi connectivity index (χ1v) is 7.64. The summed E-state index contributed by atoms with van der Waals surface area (Å²) in [5.41, 5.74) is 11.8. The van der Waals surface area contributed by atoms with Gasteiger partial charge >= 0.3 is 0 Å². The van der Waals surface area contributed by atoms with Gasteiger partial charge in [-0.2, -0.15) is 0 Å². The van der Waals surface area contributed by atoms with E-state index in [4.69, 9.17) is 5.73 Å². The van der Waals surface area contributed by atoms with Crippen LogP contribution in [0, 0.1) is 12.7 Å². The van der Waals surface area contributed by atoms with Crippen LogP contribution in [0.15, 0.2) is 48.0 Å². The van der Waals surface area contributed by atoms with Crippen LogP contribution in [0.4, 0.5) is 15.8 Å². The monoisotopic (exact) mass is 296 g/mol. The van der Waals surface area contributed by atoms with Gasteiger partial charge in [0.1, 0.15) is 5.82 Å². The molecule has 0 unspecified atom stereocenters. The molecule has 0 saturated heterocycles. The molecule has 1 aliphatic rings. The van der Waals surface area contributed by atoms with E-state index in [1.54, 1.807) is 6.07 Å². The fraction of sp³-hybridized carbons (Fsp3) is 0.263. The molecule has 2 nitrogen and oxygen atoms in total. The summed E-state index contributed by atoms with van der Waals surface area (Å²) < 4.78 is 14.3. The smallest absolute Gasteiger partial charge is 0.146 e. The van der Waals surface area contributed by atoms with Crippen LogP contribution in [0.2, 0.25) is 0 Å². The van der Waals surface area contributed by atoms with Crippen LogP contribution in [-0.2, 0) is 0 Å². The Morgan fingerprint density at radius 1 is 1.09 bits per heavy atom. The molecule has 1 fully saturated rings. The molecule has 0 atom stereocenters. The van der Waals surface area contributed by atoms with Gasteiger partial charge in [0.15, 0.2) is 0 Å². The normalized spacial score (nSPS) is 13.7. The number of benzene rings is 2. The van der Waals surface area contributed by atoms with Gasteiger partial charge in [-0.15, -0.1) is 0 Å². The number of nitrogen functional groups attached to an aromatic ring is 1. The van der Waals surface area contributed by atoms with Crippen molar-refractivity contribution in [3.63, 3.8) is 0 Å². The molecule has 22 heavy (non-hydrogen) atoms. The van der Waals surface area contributed by atoms with Gasteiger partial charge in [-0.1, -0.05) is 18.2 Å². The van der Waals surface area contributed by atoms with Crippen molar-refractivity contribution in [1.82, 2.24) is 0 Å². The lowest BCUT2D eigenvalue weighted by Gasteiger charge is -2.31. The molecule has 0 aromatic heterocycles. The lowest BCUT2D eigenvalue weighted by atomic mass is 9.87. The first kappa shape index (κ1) is 14.6. The van der Waals surface area contributed by atoms with E-state index in [0.717, 1.165) is 35.4 Å². The van der Waals surface area contributed by atoms with Crippen molar-refractivity contribution in [2.24, 2.45) is 0 Å². The Bertz CT molecular complexity index is 711. The van der Waals surface area contributed by atoms with Crippen molar-refractivity contribution in [3.05, 3.63) is 65.0 Å². The number of nitrogens with zero attached hydrogens (tertiary/aromatic N) is 1. The Morgan fingerprint density at radius 2 is 1.77 bits per heavy atom. The summed E-state index contributed by atoms with van der Waals surface area (Å²) in [7, 11) is 1.94. The van der Waals surface area contributed by atoms with E-state index in [9.17, 15) is 4.39 Å². The largest absolute Gasteiger partial charge is 0.399 e. The van der Waals surface area contributed by atoms with Crippen molar-refractivity contribution < 1.29 is 4.39 Å². The van der Waals surface area contributed by atoms with Gasteiger partial charge in [0.25, 0.3) is 0 Å². The maximum absolute atomic E-state index is 14.3. The van der Waals surface area contributed by atoms with Crippen molar-refractivity contribution in [2.45, 2.75) is 26.2 Å². The standard InChI is InChI=1S/C19H21FN2/c1-13-6-11-17(20)18(12-13)22(2)19(14-4-3-5-14)15-7-9-16(21)10-8-15/h6-12H,3-5,21H2,1-2H3. The van der Waals surface area contributed by atoms with Gasteiger partial charge in [-0.3, -0.25) is 0 Å². The summed E-state index contributed by atoms with van der Waals surface area (Å²) in [6.07, 6.45) is 3.37. The number of rotatable bonds is 3. The van der Waals surface area contributed by atoms with Gasteiger partial charge in [0, 0.05) is 18.4 Å².